The highest BCUT2D eigenvalue weighted by molar-refractivity contribution is 7.89. The van der Waals surface area contributed by atoms with Crippen molar-refractivity contribution in [2.24, 2.45) is 0 Å². The molecule has 0 aliphatic heterocycles. The Kier molecular flexibility index (Phi) is 6.40. The minimum Gasteiger partial charge on any atom is -0.212 e. The van der Waals surface area contributed by atoms with Gasteiger partial charge in [-0.2, -0.15) is 9.98 Å². The highest BCUT2D eigenvalue weighted by Gasteiger charge is 2.34. The number of rotatable bonds is 6. The van der Waals surface area contributed by atoms with E-state index in [9.17, 15) is 13.7 Å². The van der Waals surface area contributed by atoms with Crippen LogP contribution in [0.25, 0.3) is 0 Å². The van der Waals surface area contributed by atoms with Gasteiger partial charge in [0.05, 0.1) is 11.8 Å². The fourth-order valence-corrected chi connectivity index (χ4v) is 4.02. The number of halogens is 1. The average molecular weight is 293 g/mol. The molecule has 0 radical (unpaired) electrons. The van der Waals surface area contributed by atoms with Crippen LogP contribution >= 0.6 is 11.6 Å². The number of alkyl halides is 1. The summed E-state index contributed by atoms with van der Waals surface area (Å²) in [5, 5.41) is 9.30. The Morgan fingerprint density at radius 1 is 1.17 bits per heavy atom. The van der Waals surface area contributed by atoms with Crippen LogP contribution in [0.15, 0.2) is 0 Å². The summed E-state index contributed by atoms with van der Waals surface area (Å²) in [5.41, 5.74) is -0.879. The average Bonchev–Trinajstić information content (AvgIpc) is 2.55. The van der Waals surface area contributed by atoms with E-state index < -0.39 is 15.6 Å². The van der Waals surface area contributed by atoms with E-state index in [2.05, 4.69) is 10.8 Å². The van der Waals surface area contributed by atoms with Crippen LogP contribution < -0.4 is 4.72 Å². The third kappa shape index (κ3) is 5.13. The van der Waals surface area contributed by atoms with Crippen molar-refractivity contribution in [3.05, 3.63) is 0 Å². The molecule has 1 aliphatic rings. The summed E-state index contributed by atoms with van der Waals surface area (Å²) in [6.45, 7) is 0. The van der Waals surface area contributed by atoms with Gasteiger partial charge in [-0.05, 0) is 25.7 Å². The zero-order chi connectivity index (χ0) is 13.5. The van der Waals surface area contributed by atoms with Gasteiger partial charge in [-0.25, -0.2) is 8.42 Å². The molecule has 104 valence electrons. The van der Waals surface area contributed by atoms with Crippen molar-refractivity contribution in [1.29, 1.82) is 5.26 Å². The van der Waals surface area contributed by atoms with Crippen LogP contribution in [0.5, 0.6) is 0 Å². The van der Waals surface area contributed by atoms with Crippen LogP contribution in [-0.2, 0) is 10.0 Å². The molecule has 0 aromatic heterocycles. The minimum absolute atomic E-state index is 0.0587. The van der Waals surface area contributed by atoms with Crippen molar-refractivity contribution >= 4 is 21.6 Å². The lowest BCUT2D eigenvalue weighted by Gasteiger charge is -2.25. The molecule has 4 nitrogen and oxygen atoms in total. The van der Waals surface area contributed by atoms with E-state index in [-0.39, 0.29) is 5.75 Å². The predicted octanol–water partition coefficient (Wildman–Crippen LogP) is 2.54. The molecule has 6 heteroatoms. The molecule has 0 spiro atoms. The largest absolute Gasteiger partial charge is 0.212 e. The molecule has 1 fully saturated rings. The Bertz CT molecular complexity index is 381. The maximum absolute atomic E-state index is 11.9. The molecular formula is C12H21ClN2O2S. The van der Waals surface area contributed by atoms with Gasteiger partial charge >= 0.3 is 0 Å². The lowest BCUT2D eigenvalue weighted by molar-refractivity contribution is 0.421. The number of nitrogens with one attached hydrogen (secondary N) is 1. The molecule has 0 aromatic carbocycles. The summed E-state index contributed by atoms with van der Waals surface area (Å²) in [6.07, 6.45) is 6.46. The van der Waals surface area contributed by atoms with Gasteiger partial charge in [0, 0.05) is 5.88 Å². The van der Waals surface area contributed by atoms with Crippen LogP contribution in [0.2, 0.25) is 0 Å². The molecule has 0 unspecified atom stereocenters. The SMILES string of the molecule is N#CC1(NS(=O)(=O)CCCCCl)CCCCCC1. The van der Waals surface area contributed by atoms with Crippen LogP contribution in [0.3, 0.4) is 0 Å². The molecule has 0 amide bonds. The van der Waals surface area contributed by atoms with E-state index in [0.29, 0.717) is 31.6 Å². The smallest absolute Gasteiger partial charge is 0.212 e. The van der Waals surface area contributed by atoms with Crippen molar-refractivity contribution in [3.8, 4) is 6.07 Å². The molecule has 1 aliphatic carbocycles. The van der Waals surface area contributed by atoms with Crippen LogP contribution in [0, 0.1) is 11.3 Å². The first-order valence-electron chi connectivity index (χ1n) is 6.52. The van der Waals surface area contributed by atoms with Crippen molar-refractivity contribution in [2.75, 3.05) is 11.6 Å². The van der Waals surface area contributed by atoms with Crippen molar-refractivity contribution in [2.45, 2.75) is 56.9 Å². The molecular weight excluding hydrogens is 272 g/mol. The molecule has 1 rings (SSSR count). The zero-order valence-corrected chi connectivity index (χ0v) is 12.2. The van der Waals surface area contributed by atoms with Gasteiger partial charge in [0.1, 0.15) is 5.54 Å². The number of sulfonamides is 1. The number of hydrogen-bond acceptors (Lipinski definition) is 3. The normalized spacial score (nSPS) is 20.0. The maximum Gasteiger partial charge on any atom is 0.212 e. The van der Waals surface area contributed by atoms with E-state index in [1.807, 2.05) is 0 Å². The second-order valence-corrected chi connectivity index (χ2v) is 7.14. The highest BCUT2D eigenvalue weighted by atomic mass is 35.5. The molecule has 18 heavy (non-hydrogen) atoms. The Morgan fingerprint density at radius 2 is 1.78 bits per heavy atom. The van der Waals surface area contributed by atoms with Gasteiger partial charge in [-0.3, -0.25) is 0 Å². The Balaban J connectivity index is 2.63. The van der Waals surface area contributed by atoms with E-state index in [0.717, 1.165) is 25.7 Å². The van der Waals surface area contributed by atoms with Gasteiger partial charge in [-0.1, -0.05) is 25.7 Å². The molecule has 0 atom stereocenters. The summed E-state index contributed by atoms with van der Waals surface area (Å²) in [5.74, 6) is 0.530. The third-order valence-corrected chi connectivity index (χ3v) is 5.11. The van der Waals surface area contributed by atoms with Crippen LogP contribution in [-0.4, -0.2) is 25.6 Å². The van der Waals surface area contributed by atoms with Crippen molar-refractivity contribution in [1.82, 2.24) is 4.72 Å². The topological polar surface area (TPSA) is 70.0 Å². The predicted molar refractivity (Wildman–Crippen MR) is 72.9 cm³/mol. The molecule has 0 heterocycles. The summed E-state index contributed by atoms with van der Waals surface area (Å²) in [7, 11) is -3.37. The molecule has 1 N–H and O–H groups in total. The van der Waals surface area contributed by atoms with Crippen molar-refractivity contribution < 1.29 is 8.42 Å². The monoisotopic (exact) mass is 292 g/mol. The first-order valence-corrected chi connectivity index (χ1v) is 8.71. The van der Waals surface area contributed by atoms with Gasteiger partial charge in [-0.15, -0.1) is 11.6 Å². The second-order valence-electron chi connectivity index (χ2n) is 4.93. The van der Waals surface area contributed by atoms with Gasteiger partial charge < -0.3 is 0 Å². The first kappa shape index (κ1) is 15.7. The van der Waals surface area contributed by atoms with E-state index >= 15 is 0 Å². The summed E-state index contributed by atoms with van der Waals surface area (Å²) in [6, 6.07) is 2.19. The molecule has 1 saturated carbocycles. The standard InChI is InChI=1S/C12H21ClN2O2S/c13-9-5-6-10-18(16,17)15-12(11-14)7-3-1-2-4-8-12/h15H,1-10H2. The zero-order valence-electron chi connectivity index (χ0n) is 10.6. The van der Waals surface area contributed by atoms with Crippen molar-refractivity contribution in [3.63, 3.8) is 0 Å². The number of nitrogens with zero attached hydrogens (tertiary/aromatic N) is 1. The van der Waals surface area contributed by atoms with Gasteiger partial charge in [0.2, 0.25) is 10.0 Å². The molecule has 0 saturated heterocycles. The molecule has 0 bridgehead atoms. The van der Waals surface area contributed by atoms with Gasteiger partial charge in [0.15, 0.2) is 0 Å². The summed E-state index contributed by atoms with van der Waals surface area (Å²) < 4.78 is 26.5. The molecule has 0 aromatic rings. The second kappa shape index (κ2) is 7.32. The first-order chi connectivity index (χ1) is 8.54. The Labute approximate surface area is 115 Å². The maximum atomic E-state index is 11.9. The summed E-state index contributed by atoms with van der Waals surface area (Å²) >= 11 is 5.53. The van der Waals surface area contributed by atoms with E-state index in [4.69, 9.17) is 11.6 Å². The van der Waals surface area contributed by atoms with Crippen LogP contribution in [0.1, 0.15) is 51.4 Å². The number of unbranched alkanes of at least 4 members (excludes halogenated alkanes) is 1. The van der Waals surface area contributed by atoms with Gasteiger partial charge in [0.25, 0.3) is 0 Å². The Morgan fingerprint density at radius 3 is 2.28 bits per heavy atom. The lowest BCUT2D eigenvalue weighted by atomic mass is 9.94. The fourth-order valence-electron chi connectivity index (χ4n) is 2.30. The number of nitriles is 1. The quantitative estimate of drug-likeness (QED) is 0.465. The summed E-state index contributed by atoms with van der Waals surface area (Å²) in [4.78, 5) is 0. The van der Waals surface area contributed by atoms with E-state index in [1.54, 1.807) is 0 Å². The Hall–Kier alpha value is -0.310. The van der Waals surface area contributed by atoms with Crippen LogP contribution in [0.4, 0.5) is 0 Å². The highest BCUT2D eigenvalue weighted by Crippen LogP contribution is 2.27. The number of hydrogen-bond donors (Lipinski definition) is 1. The third-order valence-electron chi connectivity index (χ3n) is 3.32. The fraction of sp³-hybridized carbons (Fsp3) is 0.917. The minimum atomic E-state index is -3.37. The lowest BCUT2D eigenvalue weighted by Crippen LogP contribution is -2.47. The van der Waals surface area contributed by atoms with E-state index in [1.165, 1.54) is 0 Å².